The maximum Gasteiger partial charge on any atom is 0.0931 e. The van der Waals surface area contributed by atoms with E-state index in [4.69, 9.17) is 11.6 Å². The number of thiophene rings is 1. The van der Waals surface area contributed by atoms with E-state index in [1.165, 1.54) is 11.3 Å². The van der Waals surface area contributed by atoms with Crippen LogP contribution in [-0.4, -0.2) is 31.1 Å². The van der Waals surface area contributed by atoms with E-state index in [1.54, 1.807) is 11.3 Å². The van der Waals surface area contributed by atoms with Gasteiger partial charge in [0.05, 0.1) is 4.34 Å². The minimum Gasteiger partial charge on any atom is -0.314 e. The summed E-state index contributed by atoms with van der Waals surface area (Å²) in [5.41, 5.74) is 0. The van der Waals surface area contributed by atoms with Crippen molar-refractivity contribution in [3.8, 4) is 0 Å². The van der Waals surface area contributed by atoms with Crippen LogP contribution >= 0.6 is 22.9 Å². The fraction of sp³-hybridized carbons (Fsp3) is 0.692. The van der Waals surface area contributed by atoms with E-state index in [0.29, 0.717) is 6.04 Å². The first kappa shape index (κ1) is 13.3. The molecular formula is C13H21ClN2S. The van der Waals surface area contributed by atoms with E-state index in [9.17, 15) is 0 Å². The average Bonchev–Trinajstić information content (AvgIpc) is 2.73. The Hall–Kier alpha value is -0.0900. The number of nitrogens with one attached hydrogen (secondary N) is 1. The summed E-state index contributed by atoms with van der Waals surface area (Å²) in [6.45, 7) is 9.09. The van der Waals surface area contributed by atoms with Crippen molar-refractivity contribution in [2.24, 2.45) is 5.92 Å². The molecule has 1 aliphatic rings. The molecular weight excluding hydrogens is 252 g/mol. The van der Waals surface area contributed by atoms with Crippen molar-refractivity contribution in [3.05, 3.63) is 21.3 Å². The molecule has 2 nitrogen and oxygen atoms in total. The van der Waals surface area contributed by atoms with Gasteiger partial charge in [0.25, 0.3) is 0 Å². The van der Waals surface area contributed by atoms with Crippen molar-refractivity contribution in [3.63, 3.8) is 0 Å². The summed E-state index contributed by atoms with van der Waals surface area (Å²) < 4.78 is 0.906. The lowest BCUT2D eigenvalue weighted by atomic mass is 10.0. The molecule has 1 aliphatic heterocycles. The molecule has 0 bridgehead atoms. The second-order valence-electron chi connectivity index (χ2n) is 5.07. The molecule has 1 aromatic heterocycles. The van der Waals surface area contributed by atoms with Gasteiger partial charge < -0.3 is 5.32 Å². The molecule has 0 aliphatic carbocycles. The lowest BCUT2D eigenvalue weighted by Crippen LogP contribution is -2.45. The Morgan fingerprint density at radius 3 is 2.59 bits per heavy atom. The Morgan fingerprint density at radius 1 is 1.35 bits per heavy atom. The van der Waals surface area contributed by atoms with Crippen LogP contribution in [0.25, 0.3) is 0 Å². The number of piperazine rings is 1. The summed E-state index contributed by atoms with van der Waals surface area (Å²) >= 11 is 7.80. The van der Waals surface area contributed by atoms with Gasteiger partial charge in [-0.25, -0.2) is 0 Å². The summed E-state index contributed by atoms with van der Waals surface area (Å²) in [4.78, 5) is 4.02. The molecule has 0 radical (unpaired) electrons. The van der Waals surface area contributed by atoms with Crippen molar-refractivity contribution < 1.29 is 0 Å². The van der Waals surface area contributed by atoms with Crippen molar-refractivity contribution in [1.82, 2.24) is 10.2 Å². The van der Waals surface area contributed by atoms with Crippen LogP contribution in [0.15, 0.2) is 12.1 Å². The molecule has 1 N–H and O–H groups in total. The number of halogens is 1. The summed E-state index contributed by atoms with van der Waals surface area (Å²) in [5, 5.41) is 3.42. The van der Waals surface area contributed by atoms with Gasteiger partial charge in [0.2, 0.25) is 0 Å². The molecule has 0 unspecified atom stereocenters. The maximum absolute atomic E-state index is 6.07. The number of rotatable bonds is 4. The zero-order valence-electron chi connectivity index (χ0n) is 10.6. The third-order valence-corrected chi connectivity index (χ3v) is 4.54. The highest BCUT2D eigenvalue weighted by Crippen LogP contribution is 2.34. The maximum atomic E-state index is 6.07. The highest BCUT2D eigenvalue weighted by atomic mass is 35.5. The van der Waals surface area contributed by atoms with Crippen LogP contribution in [0.1, 0.15) is 31.2 Å². The zero-order chi connectivity index (χ0) is 12.3. The number of hydrogen-bond donors (Lipinski definition) is 1. The Morgan fingerprint density at radius 2 is 2.06 bits per heavy atom. The standard InChI is InChI=1S/C13H21ClN2S/c1-10(2)9-11(12-3-4-13(14)17-12)16-7-5-15-6-8-16/h3-4,10-11,15H,5-9H2,1-2H3/t11-/m1/s1. The highest BCUT2D eigenvalue weighted by molar-refractivity contribution is 7.16. The second-order valence-corrected chi connectivity index (χ2v) is 6.82. The molecule has 0 saturated carbocycles. The SMILES string of the molecule is CC(C)C[C@H](c1ccc(Cl)s1)N1CCNCC1. The van der Waals surface area contributed by atoms with Crippen LogP contribution < -0.4 is 5.32 Å². The summed E-state index contributed by atoms with van der Waals surface area (Å²) in [6, 6.07) is 4.77. The van der Waals surface area contributed by atoms with Crippen molar-refractivity contribution >= 4 is 22.9 Å². The van der Waals surface area contributed by atoms with Gasteiger partial charge >= 0.3 is 0 Å². The third kappa shape index (κ3) is 3.68. The second kappa shape index (κ2) is 6.19. The molecule has 0 amide bonds. The van der Waals surface area contributed by atoms with Crippen molar-refractivity contribution in [2.45, 2.75) is 26.3 Å². The largest absolute Gasteiger partial charge is 0.314 e. The summed E-state index contributed by atoms with van der Waals surface area (Å²) in [6.07, 6.45) is 1.22. The van der Waals surface area contributed by atoms with Gasteiger partial charge in [0.15, 0.2) is 0 Å². The van der Waals surface area contributed by atoms with E-state index in [-0.39, 0.29) is 0 Å². The molecule has 0 spiro atoms. The van der Waals surface area contributed by atoms with E-state index >= 15 is 0 Å². The first-order valence-corrected chi connectivity index (χ1v) is 7.56. The number of hydrogen-bond acceptors (Lipinski definition) is 3. The summed E-state index contributed by atoms with van der Waals surface area (Å²) in [7, 11) is 0. The third-order valence-electron chi connectivity index (χ3n) is 3.21. The van der Waals surface area contributed by atoms with Crippen LogP contribution in [0.4, 0.5) is 0 Å². The topological polar surface area (TPSA) is 15.3 Å². The van der Waals surface area contributed by atoms with Crippen LogP contribution in [0.5, 0.6) is 0 Å². The molecule has 0 aromatic carbocycles. The smallest absolute Gasteiger partial charge is 0.0931 e. The summed E-state index contributed by atoms with van der Waals surface area (Å²) in [5.74, 6) is 0.718. The molecule has 17 heavy (non-hydrogen) atoms. The van der Waals surface area contributed by atoms with Gasteiger partial charge in [-0.3, -0.25) is 4.90 Å². The van der Waals surface area contributed by atoms with Gasteiger partial charge in [-0.1, -0.05) is 25.4 Å². The minimum atomic E-state index is 0.551. The van der Waals surface area contributed by atoms with Crippen molar-refractivity contribution in [1.29, 1.82) is 0 Å². The predicted octanol–water partition coefficient (Wildman–Crippen LogP) is 3.39. The van der Waals surface area contributed by atoms with Crippen molar-refractivity contribution in [2.75, 3.05) is 26.2 Å². The molecule has 4 heteroatoms. The van der Waals surface area contributed by atoms with Gasteiger partial charge in [0.1, 0.15) is 0 Å². The normalized spacial score (nSPS) is 19.8. The first-order valence-electron chi connectivity index (χ1n) is 6.37. The molecule has 1 saturated heterocycles. The Labute approximate surface area is 113 Å². The Kier molecular flexibility index (Phi) is 4.86. The fourth-order valence-electron chi connectivity index (χ4n) is 2.39. The average molecular weight is 273 g/mol. The van der Waals surface area contributed by atoms with Gasteiger partial charge in [-0.2, -0.15) is 0 Å². The molecule has 1 atom stereocenters. The van der Waals surface area contributed by atoms with E-state index in [2.05, 4.69) is 30.1 Å². The van der Waals surface area contributed by atoms with Crippen LogP contribution in [0, 0.1) is 5.92 Å². The van der Waals surface area contributed by atoms with Gasteiger partial charge in [0, 0.05) is 37.1 Å². The Bertz CT molecular complexity index is 345. The lowest BCUT2D eigenvalue weighted by Gasteiger charge is -2.35. The molecule has 2 rings (SSSR count). The van der Waals surface area contributed by atoms with E-state index < -0.39 is 0 Å². The highest BCUT2D eigenvalue weighted by Gasteiger charge is 2.24. The van der Waals surface area contributed by atoms with E-state index in [1.807, 2.05) is 6.07 Å². The zero-order valence-corrected chi connectivity index (χ0v) is 12.2. The van der Waals surface area contributed by atoms with Gasteiger partial charge in [-0.15, -0.1) is 11.3 Å². The number of nitrogens with zero attached hydrogens (tertiary/aromatic N) is 1. The van der Waals surface area contributed by atoms with Crippen LogP contribution in [-0.2, 0) is 0 Å². The Balaban J connectivity index is 2.11. The fourth-order valence-corrected chi connectivity index (χ4v) is 3.60. The van der Waals surface area contributed by atoms with Gasteiger partial charge in [-0.05, 0) is 24.5 Å². The molecule has 2 heterocycles. The van der Waals surface area contributed by atoms with Crippen LogP contribution in [0.2, 0.25) is 4.34 Å². The lowest BCUT2D eigenvalue weighted by molar-refractivity contribution is 0.156. The molecule has 1 aromatic rings. The predicted molar refractivity (Wildman–Crippen MR) is 76.0 cm³/mol. The first-order chi connectivity index (χ1) is 8.16. The quantitative estimate of drug-likeness (QED) is 0.904. The minimum absolute atomic E-state index is 0.551. The van der Waals surface area contributed by atoms with E-state index in [0.717, 1.165) is 36.4 Å². The molecule has 96 valence electrons. The monoisotopic (exact) mass is 272 g/mol. The van der Waals surface area contributed by atoms with Crippen LogP contribution in [0.3, 0.4) is 0 Å². The molecule has 1 fully saturated rings.